The Morgan fingerprint density at radius 2 is 2.10 bits per heavy atom. The minimum Gasteiger partial charge on any atom is -0.387 e. The van der Waals surface area contributed by atoms with Crippen LogP contribution in [0.5, 0.6) is 0 Å². The minimum atomic E-state index is -1.25. The van der Waals surface area contributed by atoms with E-state index in [-0.39, 0.29) is 18.2 Å². The number of hydrogen-bond acceptors (Lipinski definition) is 8. The molecule has 31 heavy (non-hydrogen) atoms. The molecule has 6 N–H and O–H groups in total. The molecule has 3 heterocycles. The lowest BCUT2D eigenvalue weighted by atomic mass is 10.1. The van der Waals surface area contributed by atoms with Gasteiger partial charge in [0.1, 0.15) is 23.8 Å². The number of carbonyl (C=O) groups excluding carboxylic acids is 1. The predicted molar refractivity (Wildman–Crippen MR) is 114 cm³/mol. The lowest BCUT2D eigenvalue weighted by Crippen LogP contribution is -2.42. The van der Waals surface area contributed by atoms with Gasteiger partial charge >= 0.3 is 6.03 Å². The molecule has 11 nitrogen and oxygen atoms in total. The number of fused-ring (bicyclic) bond motifs is 1. The largest absolute Gasteiger partial charge is 0.387 e. The van der Waals surface area contributed by atoms with Gasteiger partial charge in [0.15, 0.2) is 17.7 Å². The molecule has 1 aliphatic rings. The Labute approximate surface area is 180 Å². The van der Waals surface area contributed by atoms with E-state index in [0.29, 0.717) is 11.2 Å². The molecule has 2 aromatic heterocycles. The molecule has 3 rings (SSSR count). The zero-order chi connectivity index (χ0) is 22.4. The summed E-state index contributed by atoms with van der Waals surface area (Å²) in [6.07, 6.45) is 2.45. The summed E-state index contributed by atoms with van der Waals surface area (Å²) in [4.78, 5) is 24.2. The molecule has 168 valence electrons. The van der Waals surface area contributed by atoms with E-state index in [1.54, 1.807) is 0 Å². The first-order valence-corrected chi connectivity index (χ1v) is 10.4. The van der Waals surface area contributed by atoms with E-state index in [2.05, 4.69) is 44.4 Å². The van der Waals surface area contributed by atoms with Crippen molar-refractivity contribution in [3.8, 4) is 11.8 Å². The van der Waals surface area contributed by atoms with Crippen LogP contribution < -0.4 is 16.4 Å². The van der Waals surface area contributed by atoms with Crippen LogP contribution in [0.25, 0.3) is 11.2 Å². The normalized spacial score (nSPS) is 22.8. The van der Waals surface area contributed by atoms with Gasteiger partial charge in [0, 0.05) is 20.0 Å². The van der Waals surface area contributed by atoms with E-state index in [0.717, 1.165) is 19.3 Å². The summed E-state index contributed by atoms with van der Waals surface area (Å²) < 4.78 is 7.29. The molecular formula is C20H29N7O4. The van der Waals surface area contributed by atoms with Gasteiger partial charge in [0.25, 0.3) is 0 Å². The van der Waals surface area contributed by atoms with Crippen LogP contribution in [0.4, 0.5) is 10.6 Å². The van der Waals surface area contributed by atoms with E-state index in [4.69, 9.17) is 10.5 Å². The van der Waals surface area contributed by atoms with E-state index < -0.39 is 30.6 Å². The second-order valence-electron chi connectivity index (χ2n) is 7.38. The van der Waals surface area contributed by atoms with Crippen molar-refractivity contribution in [2.24, 2.45) is 0 Å². The number of nitrogens with zero attached hydrogens (tertiary/aromatic N) is 4. The SMILES string of the molecule is CCCCCCC#Cc1nc(N)c2ncn([C@@H]3O[C@H](CNC(=O)NC)[C@@H](O)[C@H]3O)c2n1. The Hall–Kier alpha value is -2.94. The summed E-state index contributed by atoms with van der Waals surface area (Å²) in [7, 11) is 1.48. The highest BCUT2D eigenvalue weighted by molar-refractivity contribution is 5.82. The first-order valence-electron chi connectivity index (χ1n) is 10.4. The molecule has 0 bridgehead atoms. The van der Waals surface area contributed by atoms with Crippen LogP contribution in [0.15, 0.2) is 6.33 Å². The molecular weight excluding hydrogens is 402 g/mol. The summed E-state index contributed by atoms with van der Waals surface area (Å²) in [5.74, 6) is 6.42. The molecule has 11 heteroatoms. The van der Waals surface area contributed by atoms with Crippen LogP contribution in [0, 0.1) is 11.8 Å². The number of nitrogen functional groups attached to an aromatic ring is 1. The predicted octanol–water partition coefficient (Wildman–Crippen LogP) is 0.279. The van der Waals surface area contributed by atoms with Gasteiger partial charge in [-0.1, -0.05) is 32.1 Å². The maximum absolute atomic E-state index is 11.4. The number of imidazole rings is 1. The highest BCUT2D eigenvalue weighted by Gasteiger charge is 2.44. The van der Waals surface area contributed by atoms with E-state index in [1.165, 1.54) is 30.8 Å². The van der Waals surface area contributed by atoms with E-state index in [9.17, 15) is 15.0 Å². The molecule has 1 fully saturated rings. The Morgan fingerprint density at radius 1 is 1.29 bits per heavy atom. The van der Waals surface area contributed by atoms with E-state index in [1.807, 2.05) is 0 Å². The molecule has 0 radical (unpaired) electrons. The number of amides is 2. The number of rotatable bonds is 7. The number of ether oxygens (including phenoxy) is 1. The number of nitrogens with one attached hydrogen (secondary N) is 2. The fourth-order valence-corrected chi connectivity index (χ4v) is 3.37. The standard InChI is InChI=1S/C20H29N7O4/c1-3-4-5-6-7-8-9-13-25-17(21)14-18(26-13)27(11-24-14)19-16(29)15(28)12(31-19)10-23-20(30)22-2/h11-12,15-16,19,28-29H,3-7,10H2,1-2H3,(H2,21,25,26)(H2,22,23,30)/t12-,15-,16-,19-/m1/s1. The van der Waals surface area contributed by atoms with Crippen molar-refractivity contribution < 1.29 is 19.7 Å². The van der Waals surface area contributed by atoms with Crippen molar-refractivity contribution >= 4 is 23.0 Å². The number of aromatic nitrogens is 4. The molecule has 1 aliphatic heterocycles. The summed E-state index contributed by atoms with van der Waals surface area (Å²) in [5.41, 5.74) is 6.72. The summed E-state index contributed by atoms with van der Waals surface area (Å²) >= 11 is 0. The van der Waals surface area contributed by atoms with Gasteiger partial charge in [-0.3, -0.25) is 4.57 Å². The van der Waals surface area contributed by atoms with Gasteiger partial charge in [-0.15, -0.1) is 0 Å². The van der Waals surface area contributed by atoms with Crippen molar-refractivity contribution in [1.29, 1.82) is 0 Å². The Balaban J connectivity index is 1.78. The first-order chi connectivity index (χ1) is 15.0. The highest BCUT2D eigenvalue weighted by Crippen LogP contribution is 2.31. The van der Waals surface area contributed by atoms with Crippen molar-refractivity contribution in [3.05, 3.63) is 12.2 Å². The second kappa shape index (κ2) is 10.4. The molecule has 2 amide bonds. The number of urea groups is 1. The van der Waals surface area contributed by atoms with Crippen molar-refractivity contribution in [2.45, 2.75) is 63.6 Å². The topological polar surface area (TPSA) is 160 Å². The van der Waals surface area contributed by atoms with Crippen LogP contribution >= 0.6 is 0 Å². The van der Waals surface area contributed by atoms with Gasteiger partial charge < -0.3 is 31.3 Å². The van der Waals surface area contributed by atoms with Crippen molar-refractivity contribution in [2.75, 3.05) is 19.3 Å². The molecule has 0 aromatic carbocycles. The van der Waals surface area contributed by atoms with Gasteiger partial charge in [0.2, 0.25) is 5.82 Å². The van der Waals surface area contributed by atoms with Gasteiger partial charge in [0.05, 0.1) is 6.33 Å². The monoisotopic (exact) mass is 431 g/mol. The smallest absolute Gasteiger partial charge is 0.314 e. The zero-order valence-corrected chi connectivity index (χ0v) is 17.7. The number of carbonyl (C=O) groups is 1. The highest BCUT2D eigenvalue weighted by atomic mass is 16.6. The van der Waals surface area contributed by atoms with E-state index >= 15 is 0 Å². The fraction of sp³-hybridized carbons (Fsp3) is 0.600. The molecule has 4 atom stereocenters. The van der Waals surface area contributed by atoms with Gasteiger partial charge in [-0.25, -0.2) is 19.7 Å². The maximum atomic E-state index is 11.4. The number of aliphatic hydroxyl groups excluding tert-OH is 2. The summed E-state index contributed by atoms with van der Waals surface area (Å²) in [6.45, 7) is 2.18. The second-order valence-corrected chi connectivity index (χ2v) is 7.38. The average molecular weight is 431 g/mol. The average Bonchev–Trinajstić information content (AvgIpc) is 3.30. The quantitative estimate of drug-likeness (QED) is 0.309. The number of nitrogens with two attached hydrogens (primary N) is 1. The first kappa shape index (κ1) is 22.7. The number of aliphatic hydroxyl groups is 2. The van der Waals surface area contributed by atoms with Crippen LogP contribution in [0.2, 0.25) is 0 Å². The third-order valence-corrected chi connectivity index (χ3v) is 5.11. The summed E-state index contributed by atoms with van der Waals surface area (Å²) in [6, 6.07) is -0.416. The Kier molecular flexibility index (Phi) is 7.62. The Morgan fingerprint density at radius 3 is 2.84 bits per heavy atom. The van der Waals surface area contributed by atoms with Crippen molar-refractivity contribution in [1.82, 2.24) is 30.2 Å². The summed E-state index contributed by atoms with van der Waals surface area (Å²) in [5, 5.41) is 25.8. The molecule has 1 saturated heterocycles. The van der Waals surface area contributed by atoms with Crippen LogP contribution in [0.1, 0.15) is 51.1 Å². The molecule has 0 aliphatic carbocycles. The fourth-order valence-electron chi connectivity index (χ4n) is 3.37. The minimum absolute atomic E-state index is 0.0207. The molecule has 0 saturated carbocycles. The van der Waals surface area contributed by atoms with Gasteiger partial charge in [-0.2, -0.15) is 0 Å². The molecule has 2 aromatic rings. The lowest BCUT2D eigenvalue weighted by Gasteiger charge is -2.16. The number of unbranched alkanes of at least 4 members (excludes halogenated alkanes) is 4. The Bertz CT molecular complexity index is 968. The van der Waals surface area contributed by atoms with Crippen LogP contribution in [0.3, 0.4) is 0 Å². The number of anilines is 1. The molecule has 0 unspecified atom stereocenters. The third kappa shape index (κ3) is 5.22. The third-order valence-electron chi connectivity index (χ3n) is 5.11. The van der Waals surface area contributed by atoms with Gasteiger partial charge in [-0.05, 0) is 12.3 Å². The lowest BCUT2D eigenvalue weighted by molar-refractivity contribution is -0.0335. The molecule has 0 spiro atoms. The number of hydrogen-bond donors (Lipinski definition) is 5. The zero-order valence-electron chi connectivity index (χ0n) is 17.7. The van der Waals surface area contributed by atoms with Crippen LogP contribution in [-0.4, -0.2) is 67.7 Å². The van der Waals surface area contributed by atoms with Crippen molar-refractivity contribution in [3.63, 3.8) is 0 Å². The van der Waals surface area contributed by atoms with Crippen LogP contribution in [-0.2, 0) is 4.74 Å². The maximum Gasteiger partial charge on any atom is 0.314 e.